The second-order valence-corrected chi connectivity index (χ2v) is 9.93. The summed E-state index contributed by atoms with van der Waals surface area (Å²) in [6, 6.07) is -1.33. The van der Waals surface area contributed by atoms with Crippen molar-refractivity contribution >= 4 is 5.91 Å². The van der Waals surface area contributed by atoms with Crippen LogP contribution in [0.5, 0.6) is 0 Å². The summed E-state index contributed by atoms with van der Waals surface area (Å²) in [5.41, 5.74) is 5.56. The molecule has 3 fully saturated rings. The molecule has 0 aromatic carbocycles. The standard InChI is InChI=1S/C23H42N2O14/c1-9-16(30)11(29)6-14(35-9)38-21-20(18(32)13(8-27)37-23(21)34-5-3-4-24)39-22-15(25-10(2)28)19(33)17(31)12(7-26)36-22/h9,11-23,26-27,29-33H,3-8,24H2,1-2H3,(H,25,28)/t9?,11-,12?,13?,14-,15?,16-,17-,18-,19+,20-,21?,22-,23+/m0/s1. The van der Waals surface area contributed by atoms with Gasteiger partial charge in [0.1, 0.15) is 54.9 Å². The summed E-state index contributed by atoms with van der Waals surface area (Å²) >= 11 is 0. The number of aliphatic hydroxyl groups is 7. The number of carbonyl (C=O) groups is 1. The first kappa shape index (κ1) is 32.4. The Morgan fingerprint density at radius 3 is 2.13 bits per heavy atom. The van der Waals surface area contributed by atoms with E-state index in [0.717, 1.165) is 0 Å². The van der Waals surface area contributed by atoms with Crippen molar-refractivity contribution in [3.8, 4) is 0 Å². The maximum absolute atomic E-state index is 11.8. The molecular weight excluding hydrogens is 528 g/mol. The highest BCUT2D eigenvalue weighted by Crippen LogP contribution is 2.33. The van der Waals surface area contributed by atoms with Gasteiger partial charge in [-0.1, -0.05) is 0 Å². The minimum atomic E-state index is -1.62. The van der Waals surface area contributed by atoms with Gasteiger partial charge in [0.05, 0.1) is 32.0 Å². The van der Waals surface area contributed by atoms with E-state index in [0.29, 0.717) is 13.0 Å². The average molecular weight is 571 g/mol. The summed E-state index contributed by atoms with van der Waals surface area (Å²) in [6.45, 7) is 1.78. The first-order valence-corrected chi connectivity index (χ1v) is 13.0. The quantitative estimate of drug-likeness (QED) is 0.105. The van der Waals surface area contributed by atoms with Crippen LogP contribution in [0.25, 0.3) is 0 Å². The van der Waals surface area contributed by atoms with Crippen LogP contribution in [0.15, 0.2) is 0 Å². The number of hydrogen-bond acceptors (Lipinski definition) is 15. The van der Waals surface area contributed by atoms with Gasteiger partial charge in [-0.2, -0.15) is 0 Å². The second kappa shape index (κ2) is 14.7. The van der Waals surface area contributed by atoms with Crippen molar-refractivity contribution in [1.29, 1.82) is 0 Å². The molecule has 16 nitrogen and oxygen atoms in total. The number of rotatable bonds is 11. The Kier molecular flexibility index (Phi) is 12.2. The highest BCUT2D eigenvalue weighted by molar-refractivity contribution is 5.73. The third kappa shape index (κ3) is 7.81. The van der Waals surface area contributed by atoms with Gasteiger partial charge in [-0.05, 0) is 19.9 Å². The highest BCUT2D eigenvalue weighted by atomic mass is 16.8. The van der Waals surface area contributed by atoms with Crippen LogP contribution in [0.3, 0.4) is 0 Å². The Morgan fingerprint density at radius 1 is 0.897 bits per heavy atom. The normalized spacial score (nSPS) is 45.2. The van der Waals surface area contributed by atoms with E-state index in [1.165, 1.54) is 13.8 Å². The zero-order valence-electron chi connectivity index (χ0n) is 21.9. The predicted molar refractivity (Wildman–Crippen MR) is 127 cm³/mol. The van der Waals surface area contributed by atoms with Crippen LogP contribution in [0.2, 0.25) is 0 Å². The fraction of sp³-hybridized carbons (Fsp3) is 0.957. The summed E-state index contributed by atoms with van der Waals surface area (Å²) < 4.78 is 34.9. The fourth-order valence-corrected chi connectivity index (χ4v) is 4.79. The Morgan fingerprint density at radius 2 is 1.54 bits per heavy atom. The van der Waals surface area contributed by atoms with Gasteiger partial charge in [-0.25, -0.2) is 0 Å². The Hall–Kier alpha value is -1.09. The topological polar surface area (TPSA) is 252 Å². The first-order valence-electron chi connectivity index (χ1n) is 13.0. The van der Waals surface area contributed by atoms with Gasteiger partial charge in [0, 0.05) is 13.3 Å². The Labute approximate surface area is 225 Å². The first-order chi connectivity index (χ1) is 18.5. The van der Waals surface area contributed by atoms with Crippen LogP contribution in [0, 0.1) is 0 Å². The number of carbonyl (C=O) groups excluding carboxylic acids is 1. The third-order valence-corrected chi connectivity index (χ3v) is 6.96. The van der Waals surface area contributed by atoms with Crippen LogP contribution >= 0.6 is 0 Å². The number of amides is 1. The van der Waals surface area contributed by atoms with Crippen LogP contribution < -0.4 is 11.1 Å². The summed E-state index contributed by atoms with van der Waals surface area (Å²) in [4.78, 5) is 11.8. The Balaban J connectivity index is 1.92. The second-order valence-electron chi connectivity index (χ2n) is 9.93. The lowest BCUT2D eigenvalue weighted by Gasteiger charge is -2.49. The minimum absolute atomic E-state index is 0.108. The van der Waals surface area contributed by atoms with E-state index in [1.54, 1.807) is 0 Å². The molecule has 3 rings (SSSR count). The molecule has 0 aromatic heterocycles. The SMILES string of the molecule is CC(=O)NC1[C@H](O[C@@H]2C(O[C@H]3C[C@H](O)[C@@H](O)C(C)O3)[C@H](OCCCN)OC(CO)[C@@H]2O)OC(CO)[C@H](O)[C@@H]1O. The van der Waals surface area contributed by atoms with Crippen molar-refractivity contribution in [1.82, 2.24) is 5.32 Å². The molecule has 0 saturated carbocycles. The molecule has 0 aliphatic carbocycles. The van der Waals surface area contributed by atoms with Crippen LogP contribution in [0.4, 0.5) is 0 Å². The van der Waals surface area contributed by atoms with Crippen molar-refractivity contribution in [2.75, 3.05) is 26.4 Å². The molecule has 228 valence electrons. The van der Waals surface area contributed by atoms with Gasteiger partial charge in [-0.15, -0.1) is 0 Å². The van der Waals surface area contributed by atoms with E-state index >= 15 is 0 Å². The monoisotopic (exact) mass is 570 g/mol. The lowest BCUT2D eigenvalue weighted by Crippen LogP contribution is -2.68. The molecule has 3 heterocycles. The van der Waals surface area contributed by atoms with Crippen molar-refractivity contribution in [3.05, 3.63) is 0 Å². The van der Waals surface area contributed by atoms with Crippen molar-refractivity contribution in [3.63, 3.8) is 0 Å². The number of nitrogens with two attached hydrogens (primary N) is 1. The minimum Gasteiger partial charge on any atom is -0.394 e. The molecule has 3 aliphatic heterocycles. The molecule has 14 atom stereocenters. The maximum Gasteiger partial charge on any atom is 0.217 e. The number of aliphatic hydroxyl groups excluding tert-OH is 7. The number of ether oxygens (including phenoxy) is 6. The highest BCUT2D eigenvalue weighted by Gasteiger charge is 2.53. The van der Waals surface area contributed by atoms with E-state index < -0.39 is 105 Å². The zero-order valence-corrected chi connectivity index (χ0v) is 21.9. The van der Waals surface area contributed by atoms with E-state index in [4.69, 9.17) is 34.2 Å². The number of hydrogen-bond donors (Lipinski definition) is 9. The summed E-state index contributed by atoms with van der Waals surface area (Å²) in [7, 11) is 0. The van der Waals surface area contributed by atoms with Gasteiger partial charge < -0.3 is 75.2 Å². The van der Waals surface area contributed by atoms with Crippen LogP contribution in [-0.4, -0.2) is 154 Å². The van der Waals surface area contributed by atoms with Gasteiger partial charge in [0.15, 0.2) is 18.9 Å². The summed E-state index contributed by atoms with van der Waals surface area (Å²) in [5.74, 6) is -0.584. The van der Waals surface area contributed by atoms with Gasteiger partial charge in [-0.3, -0.25) is 4.79 Å². The molecule has 10 N–H and O–H groups in total. The fourth-order valence-electron chi connectivity index (χ4n) is 4.79. The molecular formula is C23H42N2O14. The molecule has 0 aromatic rings. The van der Waals surface area contributed by atoms with Crippen molar-refractivity contribution in [2.24, 2.45) is 5.73 Å². The van der Waals surface area contributed by atoms with E-state index in [9.17, 15) is 40.5 Å². The molecule has 16 heteroatoms. The molecule has 39 heavy (non-hydrogen) atoms. The third-order valence-electron chi connectivity index (χ3n) is 6.96. The largest absolute Gasteiger partial charge is 0.394 e. The number of nitrogens with one attached hydrogen (secondary N) is 1. The van der Waals surface area contributed by atoms with E-state index in [-0.39, 0.29) is 13.0 Å². The van der Waals surface area contributed by atoms with Crippen molar-refractivity contribution < 1.29 is 69.0 Å². The van der Waals surface area contributed by atoms with E-state index in [1.807, 2.05) is 0 Å². The lowest BCUT2D eigenvalue weighted by atomic mass is 9.95. The molecule has 0 radical (unpaired) electrons. The zero-order chi connectivity index (χ0) is 28.9. The van der Waals surface area contributed by atoms with Crippen LogP contribution in [0.1, 0.15) is 26.7 Å². The van der Waals surface area contributed by atoms with Gasteiger partial charge in [0.25, 0.3) is 0 Å². The van der Waals surface area contributed by atoms with Crippen molar-refractivity contribution in [2.45, 2.75) is 113 Å². The predicted octanol–water partition coefficient (Wildman–Crippen LogP) is -5.00. The van der Waals surface area contributed by atoms with Gasteiger partial charge in [0.2, 0.25) is 5.91 Å². The van der Waals surface area contributed by atoms with Gasteiger partial charge >= 0.3 is 0 Å². The molecule has 3 aliphatic rings. The Bertz CT molecular complexity index is 754. The van der Waals surface area contributed by atoms with Crippen LogP contribution in [-0.2, 0) is 33.2 Å². The molecule has 0 bridgehead atoms. The van der Waals surface area contributed by atoms with E-state index in [2.05, 4.69) is 5.32 Å². The summed E-state index contributed by atoms with van der Waals surface area (Å²) in [6.07, 6.45) is -16.7. The summed E-state index contributed by atoms with van der Waals surface area (Å²) in [5, 5.41) is 74.3. The lowest BCUT2D eigenvalue weighted by molar-refractivity contribution is -0.375. The maximum atomic E-state index is 11.8. The average Bonchev–Trinajstić information content (AvgIpc) is 2.89. The molecule has 3 saturated heterocycles. The molecule has 5 unspecified atom stereocenters. The smallest absolute Gasteiger partial charge is 0.217 e. The molecule has 1 amide bonds. The molecule has 0 spiro atoms.